The minimum absolute atomic E-state index is 0.0833. The molecule has 0 saturated carbocycles. The van der Waals surface area contributed by atoms with Gasteiger partial charge in [-0.05, 0) is 42.3 Å². The standard InChI is InChI=1S/C39H39N7O6/c1-39(37(47)48,52-30-10-6-3-7-11-30)22-27-12-14-29(15-13-27)49-33-16-17-40-38(42-33)51-36-31-23-41-35(43-36)32-25-46(31)26-34(50-32)45-20-18-44(19-21-45)24-28-8-4-2-5-9-28/h2-17,23,32,34H,18-22,24-26H2,1H3,(H,47,48). The summed E-state index contributed by atoms with van der Waals surface area (Å²) in [6.45, 7) is 7.60. The molecule has 2 saturated heterocycles. The number of anilines is 1. The molecule has 13 nitrogen and oxygen atoms in total. The zero-order valence-electron chi connectivity index (χ0n) is 28.7. The van der Waals surface area contributed by atoms with Gasteiger partial charge in [-0.2, -0.15) is 9.97 Å². The van der Waals surface area contributed by atoms with E-state index < -0.39 is 11.6 Å². The summed E-state index contributed by atoms with van der Waals surface area (Å²) in [7, 11) is 0. The number of nitrogens with zero attached hydrogens (tertiary/aromatic N) is 7. The van der Waals surface area contributed by atoms with E-state index in [-0.39, 0.29) is 30.6 Å². The molecule has 4 bridgehead atoms. The topological polar surface area (TPSA) is 136 Å². The van der Waals surface area contributed by atoms with Gasteiger partial charge in [-0.25, -0.2) is 14.8 Å². The predicted molar refractivity (Wildman–Crippen MR) is 191 cm³/mol. The van der Waals surface area contributed by atoms with Gasteiger partial charge in [0, 0.05) is 51.4 Å². The van der Waals surface area contributed by atoms with E-state index in [1.54, 1.807) is 73.9 Å². The van der Waals surface area contributed by atoms with E-state index in [9.17, 15) is 9.90 Å². The van der Waals surface area contributed by atoms with Crippen LogP contribution in [0.5, 0.6) is 29.3 Å². The van der Waals surface area contributed by atoms with Crippen LogP contribution in [0.4, 0.5) is 5.69 Å². The third-order valence-corrected chi connectivity index (χ3v) is 9.55. The molecule has 0 radical (unpaired) electrons. The van der Waals surface area contributed by atoms with Crippen molar-refractivity contribution in [1.29, 1.82) is 0 Å². The Morgan fingerprint density at radius 2 is 1.60 bits per heavy atom. The fourth-order valence-corrected chi connectivity index (χ4v) is 6.76. The number of rotatable bonds is 12. The number of ether oxygens (including phenoxy) is 4. The maximum absolute atomic E-state index is 12.2. The average molecular weight is 702 g/mol. The van der Waals surface area contributed by atoms with Crippen LogP contribution in [-0.4, -0.2) is 91.9 Å². The van der Waals surface area contributed by atoms with Gasteiger partial charge in [-0.15, -0.1) is 0 Å². The Hall–Kier alpha value is -5.63. The Bertz CT molecular complexity index is 2000. The monoisotopic (exact) mass is 701 g/mol. The van der Waals surface area contributed by atoms with Crippen LogP contribution in [0.15, 0.2) is 103 Å². The van der Waals surface area contributed by atoms with Crippen LogP contribution in [0, 0.1) is 0 Å². The second kappa shape index (κ2) is 14.5. The Balaban J connectivity index is 0.894. The highest BCUT2D eigenvalue weighted by molar-refractivity contribution is 5.78. The van der Waals surface area contributed by atoms with Gasteiger partial charge < -0.3 is 29.0 Å². The van der Waals surface area contributed by atoms with Gasteiger partial charge in [0.1, 0.15) is 29.5 Å². The van der Waals surface area contributed by atoms with Crippen molar-refractivity contribution in [2.75, 3.05) is 44.2 Å². The predicted octanol–water partition coefficient (Wildman–Crippen LogP) is 5.35. The summed E-state index contributed by atoms with van der Waals surface area (Å²) in [5.74, 6) is 1.16. The quantitative estimate of drug-likeness (QED) is 0.179. The lowest BCUT2D eigenvalue weighted by Crippen LogP contribution is -2.57. The molecule has 4 aliphatic heterocycles. The number of carbonyl (C=O) groups is 1. The normalized spacial score (nSPS) is 19.8. The lowest BCUT2D eigenvalue weighted by molar-refractivity contribution is -0.153. The SMILES string of the molecule is CC(Cc1ccc(Oc2ccnc(Oc3nc4ncc3N3CC4OC(N4CCN(Cc5ccccc5)CC4)C3)n2)cc1)(Oc1ccccc1)C(=O)O. The molecule has 5 aromatic rings. The van der Waals surface area contributed by atoms with Gasteiger partial charge in [-0.3, -0.25) is 9.80 Å². The number of fused-ring (bicyclic) bond motifs is 2. The van der Waals surface area contributed by atoms with Crippen LogP contribution in [0.3, 0.4) is 0 Å². The first kappa shape index (κ1) is 33.5. The van der Waals surface area contributed by atoms with E-state index in [1.807, 2.05) is 6.07 Å². The number of hydrogen-bond acceptors (Lipinski definition) is 12. The first-order chi connectivity index (χ1) is 25.4. The van der Waals surface area contributed by atoms with Crippen LogP contribution in [0.2, 0.25) is 0 Å². The molecule has 0 aliphatic carbocycles. The summed E-state index contributed by atoms with van der Waals surface area (Å²) in [6.07, 6.45) is 3.12. The number of carboxylic acid groups (broad SMARTS) is 1. The first-order valence-corrected chi connectivity index (χ1v) is 17.4. The number of morpholine rings is 1. The molecule has 0 amide bonds. The van der Waals surface area contributed by atoms with Crippen molar-refractivity contribution in [3.8, 4) is 29.3 Å². The Morgan fingerprint density at radius 1 is 0.846 bits per heavy atom. The van der Waals surface area contributed by atoms with E-state index >= 15 is 0 Å². The molecule has 4 aliphatic rings. The van der Waals surface area contributed by atoms with E-state index in [0.717, 1.165) is 44.0 Å². The van der Waals surface area contributed by atoms with Crippen LogP contribution < -0.4 is 19.1 Å². The average Bonchev–Trinajstić information content (AvgIpc) is 3.34. The molecule has 0 spiro atoms. The molecule has 266 valence electrons. The summed E-state index contributed by atoms with van der Waals surface area (Å²) >= 11 is 0. The van der Waals surface area contributed by atoms with Crippen LogP contribution in [0.25, 0.3) is 0 Å². The minimum Gasteiger partial charge on any atom is -0.478 e. The zero-order chi connectivity index (χ0) is 35.5. The van der Waals surface area contributed by atoms with Crippen molar-refractivity contribution in [2.24, 2.45) is 0 Å². The largest absolute Gasteiger partial charge is 0.478 e. The molecule has 1 N–H and O–H groups in total. The van der Waals surface area contributed by atoms with Gasteiger partial charge in [0.15, 0.2) is 5.82 Å². The highest BCUT2D eigenvalue weighted by Crippen LogP contribution is 2.39. The maximum atomic E-state index is 12.2. The lowest BCUT2D eigenvalue weighted by Gasteiger charge is -2.44. The molecule has 9 rings (SSSR count). The van der Waals surface area contributed by atoms with Crippen LogP contribution >= 0.6 is 0 Å². The summed E-state index contributed by atoms with van der Waals surface area (Å²) < 4.78 is 24.6. The van der Waals surface area contributed by atoms with E-state index in [1.165, 1.54) is 5.56 Å². The molecule has 2 aromatic heterocycles. The van der Waals surface area contributed by atoms with Gasteiger partial charge in [0.2, 0.25) is 17.4 Å². The number of carboxylic acids is 1. The summed E-state index contributed by atoms with van der Waals surface area (Å²) in [6, 6.07) is 28.4. The Labute approximate surface area is 301 Å². The summed E-state index contributed by atoms with van der Waals surface area (Å²) in [5, 5.41) is 9.95. The molecule has 52 heavy (non-hydrogen) atoms. The first-order valence-electron chi connectivity index (χ1n) is 17.4. The molecular weight excluding hydrogens is 662 g/mol. The molecule has 6 heterocycles. The lowest BCUT2D eigenvalue weighted by atomic mass is 9.96. The summed E-state index contributed by atoms with van der Waals surface area (Å²) in [4.78, 5) is 37.4. The highest BCUT2D eigenvalue weighted by Gasteiger charge is 2.40. The summed E-state index contributed by atoms with van der Waals surface area (Å²) in [5.41, 5.74) is 1.41. The number of aromatic nitrogens is 4. The molecule has 3 aromatic carbocycles. The number of piperazine rings is 1. The fourth-order valence-electron chi connectivity index (χ4n) is 6.76. The van der Waals surface area contributed by atoms with Crippen molar-refractivity contribution in [1.82, 2.24) is 29.7 Å². The van der Waals surface area contributed by atoms with E-state index in [2.05, 4.69) is 60.0 Å². The third kappa shape index (κ3) is 7.52. The van der Waals surface area contributed by atoms with Crippen molar-refractivity contribution < 1.29 is 28.8 Å². The zero-order valence-corrected chi connectivity index (χ0v) is 28.7. The van der Waals surface area contributed by atoms with Gasteiger partial charge in [0.25, 0.3) is 0 Å². The van der Waals surface area contributed by atoms with E-state index in [4.69, 9.17) is 23.9 Å². The van der Waals surface area contributed by atoms with Crippen molar-refractivity contribution in [2.45, 2.75) is 37.8 Å². The second-order valence-corrected chi connectivity index (χ2v) is 13.4. The van der Waals surface area contributed by atoms with Gasteiger partial charge >= 0.3 is 12.0 Å². The van der Waals surface area contributed by atoms with Crippen molar-refractivity contribution in [3.63, 3.8) is 0 Å². The highest BCUT2D eigenvalue weighted by atomic mass is 16.5. The van der Waals surface area contributed by atoms with Crippen molar-refractivity contribution >= 4 is 11.7 Å². The maximum Gasteiger partial charge on any atom is 0.348 e. The van der Waals surface area contributed by atoms with E-state index in [0.29, 0.717) is 36.3 Å². The Morgan fingerprint density at radius 3 is 2.35 bits per heavy atom. The number of para-hydroxylation sites is 1. The van der Waals surface area contributed by atoms with Gasteiger partial charge in [-0.1, -0.05) is 60.7 Å². The van der Waals surface area contributed by atoms with Crippen molar-refractivity contribution in [3.05, 3.63) is 120 Å². The number of aliphatic carboxylic acids is 1. The second-order valence-electron chi connectivity index (χ2n) is 13.4. The van der Waals surface area contributed by atoms with Crippen LogP contribution in [-0.2, 0) is 22.5 Å². The minimum atomic E-state index is -1.45. The van der Waals surface area contributed by atoms with Gasteiger partial charge in [0.05, 0.1) is 19.3 Å². The Kier molecular flexibility index (Phi) is 9.37. The molecular formula is C39H39N7O6. The number of hydrogen-bond donors (Lipinski definition) is 1. The smallest absolute Gasteiger partial charge is 0.348 e. The molecule has 3 unspecified atom stereocenters. The molecule has 2 fully saturated rings. The fraction of sp³-hybridized carbons (Fsp3) is 0.308. The third-order valence-electron chi connectivity index (χ3n) is 9.55. The number of benzene rings is 3. The molecule has 3 atom stereocenters. The molecule has 13 heteroatoms. The van der Waals surface area contributed by atoms with Crippen LogP contribution in [0.1, 0.15) is 30.0 Å².